The number of fused-ring (bicyclic) bond motifs is 2. The van der Waals surface area contributed by atoms with Crippen molar-refractivity contribution in [2.75, 3.05) is 88.7 Å². The lowest BCUT2D eigenvalue weighted by Crippen LogP contribution is -2.56. The molecule has 4 aromatic rings. The molecule has 0 spiro atoms. The van der Waals surface area contributed by atoms with Crippen LogP contribution in [0.3, 0.4) is 0 Å². The predicted octanol–water partition coefficient (Wildman–Crippen LogP) is 8.87. The molecule has 0 bridgehead atoms. The Morgan fingerprint density at radius 1 is 0.938 bits per heavy atom. The van der Waals surface area contributed by atoms with Crippen molar-refractivity contribution < 1.29 is 33.3 Å². The number of amides is 1. The van der Waals surface area contributed by atoms with Crippen LogP contribution in [0.4, 0.5) is 16.3 Å². The summed E-state index contributed by atoms with van der Waals surface area (Å²) >= 11 is 13.7. The zero-order valence-corrected chi connectivity index (χ0v) is 40.6. The Hall–Kier alpha value is -4.24. The fourth-order valence-corrected chi connectivity index (χ4v) is 10.3. The smallest absolute Gasteiger partial charge is 0.410 e. The molecule has 0 N–H and O–H groups in total. The van der Waals surface area contributed by atoms with Gasteiger partial charge < -0.3 is 38.4 Å². The predicted molar refractivity (Wildman–Crippen MR) is 254 cm³/mol. The van der Waals surface area contributed by atoms with Gasteiger partial charge in [0.1, 0.15) is 36.7 Å². The van der Waals surface area contributed by atoms with Crippen LogP contribution in [-0.4, -0.2) is 129 Å². The molecule has 1 amide bonds. The molecule has 2 atom stereocenters. The van der Waals surface area contributed by atoms with Gasteiger partial charge in [0.2, 0.25) is 0 Å². The van der Waals surface area contributed by atoms with Crippen molar-refractivity contribution in [3.63, 3.8) is 0 Å². The minimum Gasteiger partial charge on any atom is -0.489 e. The molecule has 0 radical (unpaired) electrons. The molecule has 3 aliphatic heterocycles. The quantitative estimate of drug-likeness (QED) is 0.0693. The first kappa shape index (κ1) is 47.7. The van der Waals surface area contributed by atoms with Gasteiger partial charge >= 0.3 is 12.1 Å². The largest absolute Gasteiger partial charge is 0.489 e. The van der Waals surface area contributed by atoms with Crippen LogP contribution in [0.15, 0.2) is 57.5 Å². The lowest BCUT2D eigenvalue weighted by molar-refractivity contribution is 0.0144. The van der Waals surface area contributed by atoms with Crippen LogP contribution in [0.5, 0.6) is 11.8 Å². The Labute approximate surface area is 397 Å². The Kier molecular flexibility index (Phi) is 16.6. The lowest BCUT2D eigenvalue weighted by Gasteiger charge is -2.42. The van der Waals surface area contributed by atoms with Crippen molar-refractivity contribution in [1.82, 2.24) is 19.8 Å². The van der Waals surface area contributed by atoms with Crippen molar-refractivity contribution in [2.24, 2.45) is 0 Å². The molecule has 2 fully saturated rings. The number of anilines is 2. The van der Waals surface area contributed by atoms with Crippen LogP contribution in [-0.2, 0) is 27.2 Å². The number of aromatic nitrogens is 2. The molecule has 7 rings (SSSR count). The van der Waals surface area contributed by atoms with Crippen LogP contribution in [0, 0.1) is 11.3 Å². The van der Waals surface area contributed by atoms with Crippen LogP contribution in [0.2, 0.25) is 5.02 Å². The standard InChI is InChI=1S/C47H56Br2ClN7O7/c1-47(2,3)64-46(59)57-20-19-56(28-34(57)13-15-51)44-36-14-18-55(41-12-5-9-33-8-4-11-39(50)42(33)41)29-40(36)52-45(53-44)63-31-35-10-6-16-54(35)17-7-21-60-22-23-61-24-25-62-43-37(48)26-32(30-58)27-38(43)49/h4-5,8-9,11-12,26-27,30,34-35H,6-7,10,13-14,16-25,28-29,31H2,1-3H3/t34?,35-/m0/s1. The summed E-state index contributed by atoms with van der Waals surface area (Å²) in [7, 11) is 0. The lowest BCUT2D eigenvalue weighted by atomic mass is 10.0. The van der Waals surface area contributed by atoms with Gasteiger partial charge in [-0.25, -0.2) is 4.79 Å². The summed E-state index contributed by atoms with van der Waals surface area (Å²) in [5, 5.41) is 12.6. The van der Waals surface area contributed by atoms with Crippen molar-refractivity contribution in [1.29, 1.82) is 5.26 Å². The summed E-state index contributed by atoms with van der Waals surface area (Å²) in [5.74, 6) is 1.43. The average Bonchev–Trinajstić information content (AvgIpc) is 3.73. The van der Waals surface area contributed by atoms with E-state index in [2.05, 4.69) is 76.9 Å². The van der Waals surface area contributed by atoms with Gasteiger partial charge in [-0.05, 0) is 115 Å². The minimum atomic E-state index is -0.648. The van der Waals surface area contributed by atoms with Crippen LogP contribution < -0.4 is 19.3 Å². The fraction of sp³-hybridized carbons (Fsp3) is 0.511. The summed E-state index contributed by atoms with van der Waals surface area (Å²) in [4.78, 5) is 43.2. The number of nitriles is 1. The van der Waals surface area contributed by atoms with Gasteiger partial charge in [0.25, 0.3) is 0 Å². The maximum atomic E-state index is 13.3. The highest BCUT2D eigenvalue weighted by atomic mass is 79.9. The van der Waals surface area contributed by atoms with Gasteiger partial charge in [-0.2, -0.15) is 15.2 Å². The van der Waals surface area contributed by atoms with E-state index in [1.807, 2.05) is 32.9 Å². The van der Waals surface area contributed by atoms with E-state index >= 15 is 0 Å². The monoisotopic (exact) mass is 1020 g/mol. The molecular weight excluding hydrogens is 970 g/mol. The van der Waals surface area contributed by atoms with Gasteiger partial charge in [0.05, 0.1) is 64.6 Å². The fourth-order valence-electron chi connectivity index (χ4n) is 8.58. The van der Waals surface area contributed by atoms with Gasteiger partial charge in [0, 0.05) is 67.6 Å². The first-order valence-electron chi connectivity index (χ1n) is 21.9. The molecule has 1 aromatic heterocycles. The van der Waals surface area contributed by atoms with E-state index in [-0.39, 0.29) is 18.5 Å². The molecule has 0 aliphatic carbocycles. The second-order valence-electron chi connectivity index (χ2n) is 17.2. The summed E-state index contributed by atoms with van der Waals surface area (Å²) in [6.07, 6.45) is 4.23. The number of benzene rings is 3. The Bertz CT molecular complexity index is 2280. The molecule has 3 aromatic carbocycles. The molecule has 17 heteroatoms. The number of hydrogen-bond acceptors (Lipinski definition) is 13. The number of carbonyl (C=O) groups excluding carboxylic acids is 2. The maximum absolute atomic E-state index is 13.3. The second kappa shape index (κ2) is 22.3. The van der Waals surface area contributed by atoms with Crippen LogP contribution >= 0.6 is 43.5 Å². The number of nitrogens with zero attached hydrogens (tertiary/aromatic N) is 7. The van der Waals surface area contributed by atoms with Crippen molar-refractivity contribution in [3.8, 4) is 17.8 Å². The molecule has 64 heavy (non-hydrogen) atoms. The SMILES string of the molecule is CC(C)(C)OC(=O)N1CCN(c2nc(OC[C@@H]3CCCN3CCCOCCOCCOc3c(Br)cc(C=O)cc3Br)nc3c2CCN(c2cccc4cccc(Cl)c24)C3)CC1CC#N. The molecule has 1 unspecified atom stereocenters. The van der Waals surface area contributed by atoms with E-state index in [1.165, 1.54) is 0 Å². The maximum Gasteiger partial charge on any atom is 0.410 e. The third-order valence-corrected chi connectivity index (χ3v) is 13.1. The topological polar surface area (TPSA) is 143 Å². The second-order valence-corrected chi connectivity index (χ2v) is 19.3. The molecule has 3 aliphatic rings. The van der Waals surface area contributed by atoms with Gasteiger partial charge in [0.15, 0.2) is 0 Å². The van der Waals surface area contributed by atoms with Crippen LogP contribution in [0.1, 0.15) is 68.1 Å². The van der Waals surface area contributed by atoms with E-state index in [4.69, 9.17) is 45.3 Å². The van der Waals surface area contributed by atoms with E-state index in [9.17, 15) is 14.9 Å². The van der Waals surface area contributed by atoms with E-state index < -0.39 is 11.7 Å². The summed E-state index contributed by atoms with van der Waals surface area (Å²) < 4.78 is 31.1. The molecular formula is C47H56Br2ClN7O7. The Morgan fingerprint density at radius 3 is 2.44 bits per heavy atom. The molecule has 4 heterocycles. The minimum absolute atomic E-state index is 0.173. The number of aldehydes is 1. The number of halogens is 3. The van der Waals surface area contributed by atoms with Crippen LogP contribution in [0.25, 0.3) is 10.8 Å². The first-order valence-corrected chi connectivity index (χ1v) is 23.9. The number of hydrogen-bond donors (Lipinski definition) is 0. The number of ether oxygens (including phenoxy) is 5. The van der Waals surface area contributed by atoms with E-state index in [0.717, 1.165) is 78.7 Å². The Balaban J connectivity index is 0.963. The highest BCUT2D eigenvalue weighted by Crippen LogP contribution is 2.38. The zero-order valence-electron chi connectivity index (χ0n) is 36.7. The van der Waals surface area contributed by atoms with Crippen molar-refractivity contribution in [3.05, 3.63) is 79.3 Å². The van der Waals surface area contributed by atoms with E-state index in [0.29, 0.717) is 104 Å². The number of carbonyl (C=O) groups is 2. The summed E-state index contributed by atoms with van der Waals surface area (Å²) in [6.45, 7) is 12.9. The normalized spacial score (nSPS) is 17.9. The van der Waals surface area contributed by atoms with Gasteiger partial charge in [-0.3, -0.25) is 9.69 Å². The Morgan fingerprint density at radius 2 is 1.69 bits per heavy atom. The zero-order chi connectivity index (χ0) is 45.2. The number of piperazine rings is 1. The van der Waals surface area contributed by atoms with Gasteiger partial charge in [-0.15, -0.1) is 0 Å². The third kappa shape index (κ3) is 12.1. The summed E-state index contributed by atoms with van der Waals surface area (Å²) in [5.41, 5.74) is 2.91. The third-order valence-electron chi connectivity index (χ3n) is 11.6. The highest BCUT2D eigenvalue weighted by molar-refractivity contribution is 9.11. The van der Waals surface area contributed by atoms with Crippen molar-refractivity contribution >= 4 is 78.1 Å². The average molecular weight is 1030 g/mol. The number of likely N-dealkylation sites (tertiary alicyclic amines) is 1. The van der Waals surface area contributed by atoms with Gasteiger partial charge in [-0.1, -0.05) is 35.9 Å². The molecule has 14 nitrogen and oxygen atoms in total. The molecule has 2 saturated heterocycles. The molecule has 342 valence electrons. The highest BCUT2D eigenvalue weighted by Gasteiger charge is 2.36. The molecule has 0 saturated carbocycles. The van der Waals surface area contributed by atoms with E-state index in [1.54, 1.807) is 17.0 Å². The number of rotatable bonds is 18. The van der Waals surface area contributed by atoms with Crippen molar-refractivity contribution in [2.45, 2.75) is 77.1 Å². The summed E-state index contributed by atoms with van der Waals surface area (Å²) in [6, 6.07) is 18.1. The first-order chi connectivity index (χ1) is 30.9.